The van der Waals surface area contributed by atoms with Gasteiger partial charge in [0, 0.05) is 19.3 Å². The van der Waals surface area contributed by atoms with E-state index in [-0.39, 0.29) is 37.5 Å². The number of carbonyl (C=O) groups excluding carboxylic acids is 3. The summed E-state index contributed by atoms with van der Waals surface area (Å²) >= 11 is 0. The third kappa shape index (κ3) is 44.5. The van der Waals surface area contributed by atoms with Gasteiger partial charge in [0.25, 0.3) is 0 Å². The van der Waals surface area contributed by atoms with Gasteiger partial charge in [-0.2, -0.15) is 0 Å². The van der Waals surface area contributed by atoms with Gasteiger partial charge >= 0.3 is 17.9 Å². The van der Waals surface area contributed by atoms with E-state index in [1.807, 2.05) is 0 Å². The highest BCUT2D eigenvalue weighted by atomic mass is 16.6. The lowest BCUT2D eigenvalue weighted by molar-refractivity contribution is -0.167. The third-order valence-corrected chi connectivity index (χ3v) is 10.6. The lowest BCUT2D eigenvalue weighted by atomic mass is 10.1. The first-order valence-electron chi connectivity index (χ1n) is 24.6. The second-order valence-electron chi connectivity index (χ2n) is 16.3. The molecule has 0 spiro atoms. The second-order valence-corrected chi connectivity index (χ2v) is 16.3. The monoisotopic (exact) mass is 813 g/mol. The molecule has 0 aliphatic carbocycles. The summed E-state index contributed by atoms with van der Waals surface area (Å²) < 4.78 is 16.7. The number of hydrogen-bond donors (Lipinski definition) is 0. The van der Waals surface area contributed by atoms with E-state index in [1.54, 1.807) is 0 Å². The Kier molecular flexibility index (Phi) is 44.9. The maximum absolute atomic E-state index is 12.7. The number of unbranched alkanes of at least 4 members (excludes halogenated alkanes) is 25. The van der Waals surface area contributed by atoms with Crippen molar-refractivity contribution in [3.8, 4) is 0 Å². The predicted molar refractivity (Wildman–Crippen MR) is 247 cm³/mol. The van der Waals surface area contributed by atoms with Gasteiger partial charge in [-0.25, -0.2) is 0 Å². The van der Waals surface area contributed by atoms with E-state index in [2.05, 4.69) is 69.4 Å². The molecule has 6 heteroatoms. The molecule has 1 atom stereocenters. The number of esters is 3. The van der Waals surface area contributed by atoms with E-state index >= 15 is 0 Å². The van der Waals surface area contributed by atoms with Crippen molar-refractivity contribution in [1.29, 1.82) is 0 Å². The largest absolute Gasteiger partial charge is 0.462 e. The molecule has 0 fully saturated rings. The number of ether oxygens (including phenoxy) is 3. The summed E-state index contributed by atoms with van der Waals surface area (Å²) in [7, 11) is 0. The lowest BCUT2D eigenvalue weighted by Crippen LogP contribution is -2.30. The summed E-state index contributed by atoms with van der Waals surface area (Å²) in [5, 5.41) is 0. The van der Waals surface area contributed by atoms with Crippen molar-refractivity contribution in [3.63, 3.8) is 0 Å². The van der Waals surface area contributed by atoms with E-state index in [0.29, 0.717) is 19.3 Å². The van der Waals surface area contributed by atoms with Crippen molar-refractivity contribution in [3.05, 3.63) is 48.6 Å². The fourth-order valence-corrected chi connectivity index (χ4v) is 6.87. The normalized spacial score (nSPS) is 12.4. The minimum atomic E-state index is -0.798. The van der Waals surface area contributed by atoms with Crippen LogP contribution in [0.2, 0.25) is 0 Å². The summed E-state index contributed by atoms with van der Waals surface area (Å²) in [6.07, 6.45) is 55.4. The molecule has 0 heterocycles. The Hall–Kier alpha value is -2.63. The third-order valence-electron chi connectivity index (χ3n) is 10.6. The van der Waals surface area contributed by atoms with Crippen molar-refractivity contribution in [1.82, 2.24) is 0 Å². The summed E-state index contributed by atoms with van der Waals surface area (Å²) in [6, 6.07) is 0. The molecule has 0 aliphatic rings. The van der Waals surface area contributed by atoms with Gasteiger partial charge < -0.3 is 14.2 Å². The van der Waals surface area contributed by atoms with Gasteiger partial charge in [-0.1, -0.05) is 204 Å². The zero-order valence-corrected chi connectivity index (χ0v) is 38.3. The first-order chi connectivity index (χ1) is 28.5. The molecule has 336 valence electrons. The Balaban J connectivity index is 4.36. The molecule has 0 N–H and O–H groups in total. The van der Waals surface area contributed by atoms with Crippen LogP contribution in [0, 0.1) is 0 Å². The first-order valence-corrected chi connectivity index (χ1v) is 24.6. The van der Waals surface area contributed by atoms with Crippen LogP contribution in [0.5, 0.6) is 0 Å². The average molecular weight is 813 g/mol. The Bertz CT molecular complexity index is 1030. The van der Waals surface area contributed by atoms with Crippen molar-refractivity contribution in [2.24, 2.45) is 0 Å². The van der Waals surface area contributed by atoms with Crippen molar-refractivity contribution in [2.45, 2.75) is 252 Å². The maximum atomic E-state index is 12.7. The Morgan fingerprint density at radius 1 is 0.362 bits per heavy atom. The molecule has 0 aromatic heterocycles. The Morgan fingerprint density at radius 3 is 1.12 bits per heavy atom. The van der Waals surface area contributed by atoms with Crippen LogP contribution in [0.1, 0.15) is 245 Å². The molecule has 0 rings (SSSR count). The SMILES string of the molecule is CC/C=C\C/C=C\C/C=C\CCCC(=O)OC(COC(=O)CCCCCCC/C=C\CCCCCCCCCCC)COC(=O)CCCCCCCCCCCCC. The van der Waals surface area contributed by atoms with Crippen LogP contribution in [0.4, 0.5) is 0 Å². The molecule has 6 nitrogen and oxygen atoms in total. The van der Waals surface area contributed by atoms with Crippen LogP contribution >= 0.6 is 0 Å². The highest BCUT2D eigenvalue weighted by Crippen LogP contribution is 2.14. The van der Waals surface area contributed by atoms with Gasteiger partial charge in [-0.3, -0.25) is 14.4 Å². The number of allylic oxidation sites excluding steroid dienone is 8. The molecule has 1 unspecified atom stereocenters. The minimum Gasteiger partial charge on any atom is -0.462 e. The van der Waals surface area contributed by atoms with E-state index in [1.165, 1.54) is 128 Å². The van der Waals surface area contributed by atoms with Gasteiger partial charge in [-0.15, -0.1) is 0 Å². The smallest absolute Gasteiger partial charge is 0.306 e. The molecule has 0 aromatic rings. The van der Waals surface area contributed by atoms with Crippen LogP contribution in [0.3, 0.4) is 0 Å². The first kappa shape index (κ1) is 55.4. The van der Waals surface area contributed by atoms with Gasteiger partial charge in [0.15, 0.2) is 6.10 Å². The van der Waals surface area contributed by atoms with Crippen LogP contribution in [0.15, 0.2) is 48.6 Å². The standard InChI is InChI=1S/C52H92O6/c1-4-7-10-13-16-19-22-23-24-25-26-27-28-31-33-36-39-42-45-51(54)57-48-49(58-52(55)46-43-40-37-34-30-21-18-15-12-9-6-3)47-56-50(53)44-41-38-35-32-29-20-17-14-11-8-5-2/h9,12,18,21,26-27,34,37,49H,4-8,10-11,13-17,19-20,22-25,28-33,35-36,38-48H2,1-3H3/b12-9-,21-18-,27-26-,37-34-. The van der Waals surface area contributed by atoms with Gasteiger partial charge in [0.1, 0.15) is 13.2 Å². The molecular weight excluding hydrogens is 721 g/mol. The molecule has 0 aliphatic heterocycles. The summed E-state index contributed by atoms with van der Waals surface area (Å²) in [5.74, 6) is -0.955. The van der Waals surface area contributed by atoms with Crippen molar-refractivity contribution >= 4 is 17.9 Å². The van der Waals surface area contributed by atoms with Crippen molar-refractivity contribution in [2.75, 3.05) is 13.2 Å². The fourth-order valence-electron chi connectivity index (χ4n) is 6.87. The van der Waals surface area contributed by atoms with Crippen molar-refractivity contribution < 1.29 is 28.6 Å². The highest BCUT2D eigenvalue weighted by molar-refractivity contribution is 5.71. The molecule has 0 saturated carbocycles. The minimum absolute atomic E-state index is 0.0940. The summed E-state index contributed by atoms with van der Waals surface area (Å²) in [5.41, 5.74) is 0. The van der Waals surface area contributed by atoms with E-state index in [9.17, 15) is 14.4 Å². The lowest BCUT2D eigenvalue weighted by Gasteiger charge is -2.18. The topological polar surface area (TPSA) is 78.9 Å². The molecule has 0 saturated heterocycles. The van der Waals surface area contributed by atoms with Gasteiger partial charge in [0.05, 0.1) is 0 Å². The molecule has 0 radical (unpaired) electrons. The number of rotatable bonds is 44. The average Bonchev–Trinajstić information content (AvgIpc) is 3.22. The van der Waals surface area contributed by atoms with E-state index < -0.39 is 6.10 Å². The summed E-state index contributed by atoms with van der Waals surface area (Å²) in [4.78, 5) is 37.8. The maximum Gasteiger partial charge on any atom is 0.306 e. The predicted octanol–water partition coefficient (Wildman–Crippen LogP) is 15.9. The van der Waals surface area contributed by atoms with Crippen LogP contribution in [-0.2, 0) is 28.6 Å². The van der Waals surface area contributed by atoms with E-state index in [0.717, 1.165) is 70.6 Å². The molecule has 0 amide bonds. The zero-order chi connectivity index (χ0) is 42.3. The molecule has 58 heavy (non-hydrogen) atoms. The quantitative estimate of drug-likeness (QED) is 0.0264. The van der Waals surface area contributed by atoms with Gasteiger partial charge in [0.2, 0.25) is 0 Å². The molecular formula is C52H92O6. The second kappa shape index (κ2) is 47.1. The Labute approximate surface area is 358 Å². The molecule has 0 aromatic carbocycles. The Morgan fingerprint density at radius 2 is 0.690 bits per heavy atom. The van der Waals surface area contributed by atoms with Crippen LogP contribution < -0.4 is 0 Å². The fraction of sp³-hybridized carbons (Fsp3) is 0.788. The number of carbonyl (C=O) groups is 3. The molecule has 0 bridgehead atoms. The van der Waals surface area contributed by atoms with Gasteiger partial charge in [-0.05, 0) is 70.6 Å². The summed E-state index contributed by atoms with van der Waals surface area (Å²) in [6.45, 7) is 6.46. The highest BCUT2D eigenvalue weighted by Gasteiger charge is 2.19. The zero-order valence-electron chi connectivity index (χ0n) is 38.3. The van der Waals surface area contributed by atoms with Crippen LogP contribution in [0.25, 0.3) is 0 Å². The number of hydrogen-bond acceptors (Lipinski definition) is 6. The van der Waals surface area contributed by atoms with Crippen LogP contribution in [-0.4, -0.2) is 37.2 Å². The van der Waals surface area contributed by atoms with E-state index in [4.69, 9.17) is 14.2 Å².